The molecule has 0 unspecified atom stereocenters. The van der Waals surface area contributed by atoms with Crippen molar-refractivity contribution in [1.29, 1.82) is 0 Å². The Labute approximate surface area is 178 Å². The van der Waals surface area contributed by atoms with Gasteiger partial charge in [-0.3, -0.25) is 0 Å². The van der Waals surface area contributed by atoms with Gasteiger partial charge in [-0.2, -0.15) is 0 Å². The minimum Gasteiger partial charge on any atom is -0.486 e. The van der Waals surface area contributed by atoms with Crippen molar-refractivity contribution in [3.05, 3.63) is 65.2 Å². The van der Waals surface area contributed by atoms with E-state index < -0.39 is 5.97 Å². The smallest absolute Gasteiger partial charge is 0.335 e. The SMILES string of the molecule is CC(C)=CCC[C@]1(C)Oc2c(-c3cccc(C(=O)O)c3)cccc2[C@@H]2OCCC[C@H]21. The van der Waals surface area contributed by atoms with E-state index in [0.29, 0.717) is 5.92 Å². The number of para-hydroxylation sites is 1. The fourth-order valence-corrected chi connectivity index (χ4v) is 4.85. The van der Waals surface area contributed by atoms with Gasteiger partial charge in [0.1, 0.15) is 11.4 Å². The standard InChI is InChI=1S/C26H30O4/c1-17(2)8-6-14-26(3)22-13-7-15-29-24(22)21-12-5-11-20(23(21)30-26)18-9-4-10-19(16-18)25(27)28/h4-5,8-12,16,22,24H,6-7,13-15H2,1-3H3,(H,27,28)/t22-,24+,26+/m1/s1. The van der Waals surface area contributed by atoms with Crippen molar-refractivity contribution in [2.75, 3.05) is 6.61 Å². The molecular formula is C26H30O4. The van der Waals surface area contributed by atoms with Crippen molar-refractivity contribution in [3.8, 4) is 16.9 Å². The van der Waals surface area contributed by atoms with Crippen molar-refractivity contribution in [2.24, 2.45) is 5.92 Å². The normalized spacial score (nSPS) is 24.9. The number of hydrogen-bond acceptors (Lipinski definition) is 3. The van der Waals surface area contributed by atoms with Crippen LogP contribution in [0.4, 0.5) is 0 Å². The van der Waals surface area contributed by atoms with E-state index in [-0.39, 0.29) is 17.3 Å². The monoisotopic (exact) mass is 406 g/mol. The van der Waals surface area contributed by atoms with E-state index in [1.165, 1.54) is 5.57 Å². The number of fused-ring (bicyclic) bond motifs is 3. The van der Waals surface area contributed by atoms with Crippen LogP contribution in [-0.2, 0) is 4.74 Å². The number of aromatic carboxylic acids is 1. The van der Waals surface area contributed by atoms with Gasteiger partial charge in [-0.1, -0.05) is 42.0 Å². The zero-order chi connectivity index (χ0) is 21.3. The molecule has 0 aliphatic carbocycles. The number of carboxylic acid groups (broad SMARTS) is 1. The largest absolute Gasteiger partial charge is 0.486 e. The highest BCUT2D eigenvalue weighted by Gasteiger charge is 2.48. The molecule has 0 radical (unpaired) electrons. The molecule has 2 aliphatic heterocycles. The van der Waals surface area contributed by atoms with Crippen LogP contribution in [0.1, 0.15) is 68.5 Å². The van der Waals surface area contributed by atoms with Gasteiger partial charge in [-0.25, -0.2) is 4.79 Å². The topological polar surface area (TPSA) is 55.8 Å². The summed E-state index contributed by atoms with van der Waals surface area (Å²) in [6, 6.07) is 13.2. The summed E-state index contributed by atoms with van der Waals surface area (Å²) in [5, 5.41) is 9.42. The molecular weight excluding hydrogens is 376 g/mol. The highest BCUT2D eigenvalue weighted by atomic mass is 16.5. The lowest BCUT2D eigenvalue weighted by Gasteiger charge is -2.49. The van der Waals surface area contributed by atoms with Crippen molar-refractivity contribution in [1.82, 2.24) is 0 Å². The number of rotatable bonds is 5. The van der Waals surface area contributed by atoms with Crippen LogP contribution >= 0.6 is 0 Å². The Balaban J connectivity index is 1.78. The maximum Gasteiger partial charge on any atom is 0.335 e. The van der Waals surface area contributed by atoms with Crippen molar-refractivity contribution >= 4 is 5.97 Å². The molecule has 0 amide bonds. The summed E-state index contributed by atoms with van der Waals surface area (Å²) in [5.41, 5.74) is 4.13. The number of carbonyl (C=O) groups is 1. The van der Waals surface area contributed by atoms with E-state index in [4.69, 9.17) is 9.47 Å². The number of allylic oxidation sites excluding steroid dienone is 2. The molecule has 2 aromatic carbocycles. The first-order valence-corrected chi connectivity index (χ1v) is 10.8. The fourth-order valence-electron chi connectivity index (χ4n) is 4.85. The maximum atomic E-state index is 11.5. The summed E-state index contributed by atoms with van der Waals surface area (Å²) in [6.07, 6.45) is 6.32. The maximum absolute atomic E-state index is 11.5. The zero-order valence-corrected chi connectivity index (χ0v) is 18.0. The van der Waals surface area contributed by atoms with Crippen LogP contribution in [0.2, 0.25) is 0 Å². The summed E-state index contributed by atoms with van der Waals surface area (Å²) in [7, 11) is 0. The second kappa shape index (κ2) is 8.27. The van der Waals surface area contributed by atoms with Crippen LogP contribution in [0, 0.1) is 5.92 Å². The molecule has 0 saturated carbocycles. The van der Waals surface area contributed by atoms with Gasteiger partial charge < -0.3 is 14.6 Å². The molecule has 1 N–H and O–H groups in total. The van der Waals surface area contributed by atoms with Gasteiger partial charge in [0.2, 0.25) is 0 Å². The number of benzene rings is 2. The molecule has 2 heterocycles. The van der Waals surface area contributed by atoms with E-state index in [0.717, 1.165) is 54.7 Å². The van der Waals surface area contributed by atoms with Crippen molar-refractivity contribution in [3.63, 3.8) is 0 Å². The molecule has 30 heavy (non-hydrogen) atoms. The molecule has 158 valence electrons. The Kier molecular flexibility index (Phi) is 5.70. The summed E-state index contributed by atoms with van der Waals surface area (Å²) >= 11 is 0. The molecule has 4 nitrogen and oxygen atoms in total. The van der Waals surface area contributed by atoms with E-state index >= 15 is 0 Å². The summed E-state index contributed by atoms with van der Waals surface area (Å²) in [4.78, 5) is 11.5. The predicted octanol–water partition coefficient (Wildman–Crippen LogP) is 6.42. The van der Waals surface area contributed by atoms with Crippen molar-refractivity contribution in [2.45, 2.75) is 58.2 Å². The molecule has 0 bridgehead atoms. The first kappa shape index (κ1) is 20.7. The van der Waals surface area contributed by atoms with Crippen LogP contribution in [0.15, 0.2) is 54.1 Å². The lowest BCUT2D eigenvalue weighted by atomic mass is 9.72. The third-order valence-corrected chi connectivity index (χ3v) is 6.41. The quantitative estimate of drug-likeness (QED) is 0.582. The molecule has 0 spiro atoms. The molecule has 1 saturated heterocycles. The van der Waals surface area contributed by atoms with E-state index in [1.807, 2.05) is 18.2 Å². The van der Waals surface area contributed by atoms with Gasteiger partial charge in [-0.15, -0.1) is 0 Å². The van der Waals surface area contributed by atoms with Crippen molar-refractivity contribution < 1.29 is 19.4 Å². The van der Waals surface area contributed by atoms with Gasteiger partial charge >= 0.3 is 5.97 Å². The Bertz CT molecular complexity index is 973. The summed E-state index contributed by atoms with van der Waals surface area (Å²) in [5.74, 6) is 0.220. The first-order valence-electron chi connectivity index (χ1n) is 10.8. The number of ether oxygens (including phenoxy) is 2. The average molecular weight is 407 g/mol. The van der Waals surface area contributed by atoms with Gasteiger partial charge in [0.25, 0.3) is 0 Å². The minimum atomic E-state index is -0.926. The van der Waals surface area contributed by atoms with Crippen LogP contribution < -0.4 is 4.74 Å². The van der Waals surface area contributed by atoms with E-state index in [1.54, 1.807) is 18.2 Å². The molecule has 2 aliphatic rings. The van der Waals surface area contributed by atoms with Crippen LogP contribution in [-0.4, -0.2) is 23.3 Å². The van der Waals surface area contributed by atoms with E-state index in [2.05, 4.69) is 32.9 Å². The Morgan fingerprint density at radius 2 is 2.03 bits per heavy atom. The Morgan fingerprint density at radius 3 is 2.80 bits per heavy atom. The van der Waals surface area contributed by atoms with Crippen LogP contribution in [0.3, 0.4) is 0 Å². The average Bonchev–Trinajstić information content (AvgIpc) is 2.73. The minimum absolute atomic E-state index is 0.0156. The predicted molar refractivity (Wildman–Crippen MR) is 118 cm³/mol. The molecule has 3 atom stereocenters. The van der Waals surface area contributed by atoms with Crippen LogP contribution in [0.5, 0.6) is 5.75 Å². The highest BCUT2D eigenvalue weighted by molar-refractivity contribution is 5.90. The second-order valence-corrected chi connectivity index (χ2v) is 8.88. The van der Waals surface area contributed by atoms with Gasteiger partial charge in [0.15, 0.2) is 0 Å². The third-order valence-electron chi connectivity index (χ3n) is 6.41. The lowest BCUT2D eigenvalue weighted by Crippen LogP contribution is -2.49. The summed E-state index contributed by atoms with van der Waals surface area (Å²) in [6.45, 7) is 7.23. The highest BCUT2D eigenvalue weighted by Crippen LogP contribution is 2.53. The van der Waals surface area contributed by atoms with Gasteiger partial charge in [0.05, 0.1) is 11.7 Å². The van der Waals surface area contributed by atoms with Gasteiger partial charge in [0, 0.05) is 23.7 Å². The molecule has 1 fully saturated rings. The third kappa shape index (κ3) is 3.89. The second-order valence-electron chi connectivity index (χ2n) is 8.88. The lowest BCUT2D eigenvalue weighted by molar-refractivity contribution is -0.126. The fraction of sp³-hybridized carbons (Fsp3) is 0.423. The molecule has 4 heteroatoms. The van der Waals surface area contributed by atoms with Crippen LogP contribution in [0.25, 0.3) is 11.1 Å². The summed E-state index contributed by atoms with van der Waals surface area (Å²) < 4.78 is 13.1. The first-order chi connectivity index (χ1) is 14.4. The molecule has 0 aromatic heterocycles. The Hall–Kier alpha value is -2.59. The van der Waals surface area contributed by atoms with E-state index in [9.17, 15) is 9.90 Å². The number of hydrogen-bond donors (Lipinski definition) is 1. The Morgan fingerprint density at radius 1 is 1.23 bits per heavy atom. The zero-order valence-electron chi connectivity index (χ0n) is 18.0. The molecule has 4 rings (SSSR count). The number of carboxylic acids is 1. The molecule has 2 aromatic rings. The van der Waals surface area contributed by atoms with Gasteiger partial charge in [-0.05, 0) is 64.2 Å².